The van der Waals surface area contributed by atoms with Crippen molar-refractivity contribution in [1.82, 2.24) is 19.8 Å². The van der Waals surface area contributed by atoms with Crippen LogP contribution < -0.4 is 5.32 Å². The molecule has 134 valence electrons. The molecule has 6 nitrogen and oxygen atoms in total. The number of rotatable bonds is 4. The van der Waals surface area contributed by atoms with Gasteiger partial charge in [-0.1, -0.05) is 24.3 Å². The first-order chi connectivity index (χ1) is 13.2. The number of nitrogens with one attached hydrogen (secondary N) is 1. The Morgan fingerprint density at radius 3 is 2.74 bits per heavy atom. The molecule has 1 N–H and O–H groups in total. The van der Waals surface area contributed by atoms with Crippen LogP contribution >= 0.6 is 11.8 Å². The Labute approximate surface area is 160 Å². The summed E-state index contributed by atoms with van der Waals surface area (Å²) in [4.78, 5) is 13.6. The van der Waals surface area contributed by atoms with Crippen LogP contribution in [0.25, 0.3) is 16.9 Å². The van der Waals surface area contributed by atoms with Gasteiger partial charge in [0.15, 0.2) is 11.5 Å². The summed E-state index contributed by atoms with van der Waals surface area (Å²) in [6.45, 7) is 1.86. The highest BCUT2D eigenvalue weighted by molar-refractivity contribution is 7.98. The summed E-state index contributed by atoms with van der Waals surface area (Å²) in [5.74, 6) is 0.597. The number of carbonyl (C=O) groups excluding carboxylic acids is 1. The maximum absolute atomic E-state index is 12.7. The van der Waals surface area contributed by atoms with Crippen LogP contribution in [-0.2, 0) is 0 Å². The van der Waals surface area contributed by atoms with Gasteiger partial charge in [0.25, 0.3) is 5.91 Å². The summed E-state index contributed by atoms with van der Waals surface area (Å²) in [5.41, 5.74) is 3.77. The highest BCUT2D eigenvalue weighted by Gasteiger charge is 2.11. The van der Waals surface area contributed by atoms with E-state index in [0.717, 1.165) is 27.7 Å². The fourth-order valence-corrected chi connectivity index (χ4v) is 3.43. The second kappa shape index (κ2) is 7.20. The number of thioether (sulfide) groups is 1. The fourth-order valence-electron chi connectivity index (χ4n) is 2.84. The Morgan fingerprint density at radius 2 is 1.89 bits per heavy atom. The molecule has 0 spiro atoms. The zero-order valence-electron chi connectivity index (χ0n) is 14.9. The predicted octanol–water partition coefficient (Wildman–Crippen LogP) is 4.07. The lowest BCUT2D eigenvalue weighted by atomic mass is 10.1. The minimum atomic E-state index is -0.129. The summed E-state index contributed by atoms with van der Waals surface area (Å²) >= 11 is 1.55. The number of fused-ring (bicyclic) bond motifs is 1. The molecule has 0 unspecified atom stereocenters. The number of nitrogens with zero attached hydrogens (tertiary/aromatic N) is 4. The lowest BCUT2D eigenvalue weighted by Gasteiger charge is -2.10. The number of hydrogen-bond donors (Lipinski definition) is 1. The molecule has 2 aromatic heterocycles. The van der Waals surface area contributed by atoms with Crippen LogP contribution in [-0.4, -0.2) is 32.0 Å². The Kier molecular flexibility index (Phi) is 4.60. The molecule has 4 aromatic rings. The first-order valence-electron chi connectivity index (χ1n) is 8.39. The van der Waals surface area contributed by atoms with Crippen LogP contribution in [0.3, 0.4) is 0 Å². The molecule has 0 saturated carbocycles. The molecule has 0 aliphatic heterocycles. The van der Waals surface area contributed by atoms with Crippen LogP contribution in [0.4, 0.5) is 5.69 Å². The maximum atomic E-state index is 12.7. The van der Waals surface area contributed by atoms with Crippen LogP contribution in [0.5, 0.6) is 0 Å². The number of amides is 1. The number of hydrogen-bond acceptors (Lipinski definition) is 5. The lowest BCUT2D eigenvalue weighted by molar-refractivity contribution is 0.102. The van der Waals surface area contributed by atoms with Crippen LogP contribution in [0.2, 0.25) is 0 Å². The van der Waals surface area contributed by atoms with Gasteiger partial charge < -0.3 is 5.32 Å². The van der Waals surface area contributed by atoms with Crippen molar-refractivity contribution in [2.45, 2.75) is 11.8 Å². The molecule has 4 rings (SSSR count). The number of benzene rings is 2. The van der Waals surface area contributed by atoms with E-state index in [-0.39, 0.29) is 5.91 Å². The second-order valence-corrected chi connectivity index (χ2v) is 6.82. The molecule has 0 fully saturated rings. The van der Waals surface area contributed by atoms with Crippen LogP contribution in [0.15, 0.2) is 65.6 Å². The smallest absolute Gasteiger partial charge is 0.256 e. The van der Waals surface area contributed by atoms with Gasteiger partial charge in [0, 0.05) is 16.1 Å². The van der Waals surface area contributed by atoms with Crippen molar-refractivity contribution in [2.75, 3.05) is 11.6 Å². The molecule has 2 aromatic carbocycles. The van der Waals surface area contributed by atoms with E-state index in [9.17, 15) is 4.79 Å². The molecule has 0 bridgehead atoms. The topological polar surface area (TPSA) is 72.2 Å². The third-order valence-corrected chi connectivity index (χ3v) is 4.98. The third-order valence-electron chi connectivity index (χ3n) is 4.19. The van der Waals surface area contributed by atoms with Gasteiger partial charge in [0.05, 0.1) is 11.3 Å². The molecule has 0 aliphatic carbocycles. The first kappa shape index (κ1) is 17.2. The van der Waals surface area contributed by atoms with Gasteiger partial charge in [-0.25, -0.2) is 0 Å². The fraction of sp³-hybridized carbons (Fsp3) is 0.100. The summed E-state index contributed by atoms with van der Waals surface area (Å²) < 4.78 is 1.70. The molecule has 1 amide bonds. The highest BCUT2D eigenvalue weighted by atomic mass is 32.2. The summed E-state index contributed by atoms with van der Waals surface area (Å²) in [6.07, 6.45) is 1.96. The van der Waals surface area contributed by atoms with E-state index in [4.69, 9.17) is 0 Å². The van der Waals surface area contributed by atoms with Crippen LogP contribution in [0, 0.1) is 6.92 Å². The first-order valence-corrected chi connectivity index (χ1v) is 9.62. The summed E-state index contributed by atoms with van der Waals surface area (Å²) in [5, 5.41) is 15.6. The Balaban J connectivity index is 1.64. The molecular weight excluding hydrogens is 358 g/mol. The molecule has 0 aliphatic rings. The average Bonchev–Trinajstić information content (AvgIpc) is 3.08. The minimum absolute atomic E-state index is 0.129. The number of anilines is 1. The molecule has 27 heavy (non-hydrogen) atoms. The number of aryl methyl sites for hydroxylation is 1. The third kappa shape index (κ3) is 3.41. The maximum Gasteiger partial charge on any atom is 0.256 e. The Bertz CT molecular complexity index is 1140. The Hall–Kier alpha value is -3.19. The Morgan fingerprint density at radius 1 is 1.04 bits per heavy atom. The van der Waals surface area contributed by atoms with E-state index < -0.39 is 0 Å². The molecule has 0 atom stereocenters. The van der Waals surface area contributed by atoms with E-state index in [2.05, 4.69) is 20.6 Å². The average molecular weight is 375 g/mol. The van der Waals surface area contributed by atoms with E-state index >= 15 is 0 Å². The van der Waals surface area contributed by atoms with Gasteiger partial charge in [-0.15, -0.1) is 22.0 Å². The van der Waals surface area contributed by atoms with Gasteiger partial charge in [-0.2, -0.15) is 9.61 Å². The van der Waals surface area contributed by atoms with Gasteiger partial charge in [0.1, 0.15) is 0 Å². The van der Waals surface area contributed by atoms with Gasteiger partial charge >= 0.3 is 0 Å². The molecule has 2 heterocycles. The monoisotopic (exact) mass is 375 g/mol. The SMILES string of the molecule is CSc1ccccc1C(=O)Nc1cccc(-c2ccc3nnc(C)n3n2)c1. The van der Waals surface area contributed by atoms with Crippen molar-refractivity contribution in [1.29, 1.82) is 0 Å². The minimum Gasteiger partial charge on any atom is -0.322 e. The van der Waals surface area contributed by atoms with Gasteiger partial charge in [-0.3, -0.25) is 4.79 Å². The molecule has 7 heteroatoms. The number of aromatic nitrogens is 4. The zero-order chi connectivity index (χ0) is 18.8. The van der Waals surface area contributed by atoms with E-state index in [1.54, 1.807) is 16.3 Å². The molecule has 0 saturated heterocycles. The van der Waals surface area contributed by atoms with Crippen molar-refractivity contribution in [3.05, 3.63) is 72.1 Å². The lowest BCUT2D eigenvalue weighted by Crippen LogP contribution is -2.12. The van der Waals surface area contributed by atoms with Crippen LogP contribution in [0.1, 0.15) is 16.2 Å². The van der Waals surface area contributed by atoms with E-state index in [1.165, 1.54) is 0 Å². The van der Waals surface area contributed by atoms with E-state index in [1.807, 2.05) is 73.8 Å². The second-order valence-electron chi connectivity index (χ2n) is 5.97. The predicted molar refractivity (Wildman–Crippen MR) is 107 cm³/mol. The van der Waals surface area contributed by atoms with Crippen molar-refractivity contribution >= 4 is 29.0 Å². The van der Waals surface area contributed by atoms with Crippen molar-refractivity contribution in [3.63, 3.8) is 0 Å². The largest absolute Gasteiger partial charge is 0.322 e. The van der Waals surface area contributed by atoms with Crippen molar-refractivity contribution in [3.8, 4) is 11.3 Å². The molecule has 0 radical (unpaired) electrons. The van der Waals surface area contributed by atoms with Gasteiger partial charge in [0.2, 0.25) is 0 Å². The van der Waals surface area contributed by atoms with Gasteiger partial charge in [-0.05, 0) is 49.6 Å². The highest BCUT2D eigenvalue weighted by Crippen LogP contribution is 2.24. The standard InChI is InChI=1S/C20H17N5OS/c1-13-22-23-19-11-10-17(24-25(13)19)14-6-5-7-15(12-14)21-20(26)16-8-3-4-9-18(16)27-2/h3-12H,1-2H3,(H,21,26). The summed E-state index contributed by atoms with van der Waals surface area (Å²) in [7, 11) is 0. The quantitative estimate of drug-likeness (QED) is 0.544. The zero-order valence-corrected chi connectivity index (χ0v) is 15.7. The molecular formula is C20H17N5OS. The normalized spacial score (nSPS) is 10.9. The number of carbonyl (C=O) groups is 1. The van der Waals surface area contributed by atoms with Crippen molar-refractivity contribution < 1.29 is 4.79 Å². The van der Waals surface area contributed by atoms with E-state index in [0.29, 0.717) is 11.2 Å². The summed E-state index contributed by atoms with van der Waals surface area (Å²) in [6, 6.07) is 19.0. The van der Waals surface area contributed by atoms with Crippen molar-refractivity contribution in [2.24, 2.45) is 0 Å².